The Morgan fingerprint density at radius 2 is 0.742 bits per heavy atom. The molecule has 0 radical (unpaired) electrons. The van der Waals surface area contributed by atoms with Gasteiger partial charge in [0.25, 0.3) is 9.84 Å². The van der Waals surface area contributed by atoms with E-state index in [0.29, 0.717) is 25.7 Å². The lowest BCUT2D eigenvalue weighted by molar-refractivity contribution is -0.188. The fourth-order valence-corrected chi connectivity index (χ4v) is 4.41. The first-order chi connectivity index (χ1) is 14.1. The number of hydrogen-bond donors (Lipinski definition) is 0. The maximum absolute atomic E-state index is 14.0. The summed E-state index contributed by atoms with van der Waals surface area (Å²) in [5, 5.41) is -12.6. The Bertz CT molecular complexity index is 560. The van der Waals surface area contributed by atoms with Gasteiger partial charge in [0.15, 0.2) is 0 Å². The molecule has 0 spiro atoms. The Labute approximate surface area is 180 Å². The van der Waals surface area contributed by atoms with Crippen LogP contribution in [0, 0.1) is 0 Å². The molecule has 0 rings (SSSR count). The van der Waals surface area contributed by atoms with Crippen LogP contribution >= 0.6 is 0 Å². The zero-order chi connectivity index (χ0) is 24.4. The molecular formula is C20H34F8O2S. The Balaban J connectivity index is 5.20. The van der Waals surface area contributed by atoms with Crippen molar-refractivity contribution >= 4 is 9.84 Å². The van der Waals surface area contributed by atoms with Crippen LogP contribution in [0.5, 0.6) is 0 Å². The van der Waals surface area contributed by atoms with Gasteiger partial charge in [0.05, 0.1) is 0 Å². The lowest BCUT2D eigenvalue weighted by atomic mass is 10.1. The monoisotopic (exact) mass is 490 g/mol. The first-order valence-electron chi connectivity index (χ1n) is 10.9. The molecule has 188 valence electrons. The van der Waals surface area contributed by atoms with Crippen molar-refractivity contribution in [3.8, 4) is 0 Å². The molecule has 0 aliphatic carbocycles. The van der Waals surface area contributed by atoms with Gasteiger partial charge in [-0.2, -0.15) is 35.1 Å². The number of alkyl halides is 8. The third-order valence-corrected chi connectivity index (χ3v) is 7.16. The van der Waals surface area contributed by atoms with Gasteiger partial charge >= 0.3 is 22.4 Å². The molecule has 0 atom stereocenters. The van der Waals surface area contributed by atoms with Crippen molar-refractivity contribution in [1.29, 1.82) is 0 Å². The van der Waals surface area contributed by atoms with Crippen LogP contribution in [0.2, 0.25) is 0 Å². The Morgan fingerprint density at radius 3 is 1.03 bits per heavy atom. The van der Waals surface area contributed by atoms with E-state index in [1.54, 1.807) is 0 Å². The molecule has 0 aromatic carbocycles. The van der Waals surface area contributed by atoms with Gasteiger partial charge in [0.1, 0.15) is 0 Å². The molecular weight excluding hydrogens is 456 g/mol. The van der Waals surface area contributed by atoms with Gasteiger partial charge in [-0.1, -0.05) is 78.1 Å². The molecule has 0 bridgehead atoms. The van der Waals surface area contributed by atoms with E-state index in [9.17, 15) is 43.5 Å². The number of unbranched alkanes of at least 4 members (excludes halogenated alkanes) is 10. The summed E-state index contributed by atoms with van der Waals surface area (Å²) in [7, 11) is -7.52. The number of sulfone groups is 1. The first-order valence-corrected chi connectivity index (χ1v) is 12.4. The van der Waals surface area contributed by atoms with Gasteiger partial charge in [-0.05, 0) is 12.8 Å². The van der Waals surface area contributed by atoms with Crippen molar-refractivity contribution in [3.05, 3.63) is 0 Å². The van der Waals surface area contributed by atoms with Crippen molar-refractivity contribution in [2.45, 2.75) is 126 Å². The third-order valence-electron chi connectivity index (χ3n) is 5.22. The van der Waals surface area contributed by atoms with Crippen LogP contribution in [0.15, 0.2) is 0 Å². The lowest BCUT2D eigenvalue weighted by Gasteiger charge is -2.33. The number of rotatable bonds is 18. The minimum atomic E-state index is -7.52. The molecule has 11 heteroatoms. The summed E-state index contributed by atoms with van der Waals surface area (Å²) < 4.78 is 135. The van der Waals surface area contributed by atoms with Gasteiger partial charge in [-0.15, -0.1) is 0 Å². The SMILES string of the molecule is CCCCCCCCC(F)(F)C(F)(F)S(=O)(=O)C(F)(F)C(F)(F)CCCCCCCC. The van der Waals surface area contributed by atoms with Crippen molar-refractivity contribution in [2.75, 3.05) is 0 Å². The summed E-state index contributed by atoms with van der Waals surface area (Å²) >= 11 is 0. The van der Waals surface area contributed by atoms with E-state index < -0.39 is 57.9 Å². The van der Waals surface area contributed by atoms with Crippen molar-refractivity contribution < 1.29 is 43.5 Å². The van der Waals surface area contributed by atoms with Crippen molar-refractivity contribution in [3.63, 3.8) is 0 Å². The summed E-state index contributed by atoms with van der Waals surface area (Å²) in [5.41, 5.74) is 0. The smallest absolute Gasteiger partial charge is 0.216 e. The number of hydrogen-bond acceptors (Lipinski definition) is 2. The predicted octanol–water partition coefficient (Wildman–Crippen LogP) is 8.36. The predicted molar refractivity (Wildman–Crippen MR) is 105 cm³/mol. The van der Waals surface area contributed by atoms with Crippen LogP contribution in [0.1, 0.15) is 104 Å². The second kappa shape index (κ2) is 12.6. The van der Waals surface area contributed by atoms with E-state index in [4.69, 9.17) is 0 Å². The maximum Gasteiger partial charge on any atom is 0.413 e. The van der Waals surface area contributed by atoms with Gasteiger partial charge in [-0.25, -0.2) is 8.42 Å². The maximum atomic E-state index is 14.0. The Morgan fingerprint density at radius 1 is 0.484 bits per heavy atom. The summed E-state index contributed by atoms with van der Waals surface area (Å²) in [4.78, 5) is 0. The normalized spacial score (nSPS) is 14.3. The highest BCUT2D eigenvalue weighted by atomic mass is 32.2. The fraction of sp³-hybridized carbons (Fsp3) is 1.00. The van der Waals surface area contributed by atoms with E-state index in [2.05, 4.69) is 0 Å². The van der Waals surface area contributed by atoms with Crippen LogP contribution in [0.4, 0.5) is 35.1 Å². The zero-order valence-corrected chi connectivity index (χ0v) is 19.0. The average molecular weight is 491 g/mol. The summed E-state index contributed by atoms with van der Waals surface area (Å²) in [6.07, 6.45) is 1.09. The Kier molecular flexibility index (Phi) is 12.3. The second-order valence-electron chi connectivity index (χ2n) is 7.98. The fourth-order valence-electron chi connectivity index (χ4n) is 3.10. The third kappa shape index (κ3) is 7.74. The Hall–Kier alpha value is -0.610. The van der Waals surface area contributed by atoms with Crippen molar-refractivity contribution in [2.24, 2.45) is 0 Å². The molecule has 0 amide bonds. The topological polar surface area (TPSA) is 34.1 Å². The molecule has 31 heavy (non-hydrogen) atoms. The minimum absolute atomic E-state index is 0.0658. The largest absolute Gasteiger partial charge is 0.413 e. The van der Waals surface area contributed by atoms with E-state index in [1.165, 1.54) is 0 Å². The second-order valence-corrected chi connectivity index (χ2v) is 10.0. The van der Waals surface area contributed by atoms with Gasteiger partial charge in [-0.3, -0.25) is 0 Å². The van der Waals surface area contributed by atoms with Crippen LogP contribution < -0.4 is 0 Å². The molecule has 0 aliphatic heterocycles. The molecule has 0 unspecified atom stereocenters. The first kappa shape index (κ1) is 30.4. The van der Waals surface area contributed by atoms with Crippen molar-refractivity contribution in [1.82, 2.24) is 0 Å². The highest BCUT2D eigenvalue weighted by Crippen LogP contribution is 2.52. The van der Waals surface area contributed by atoms with Gasteiger partial charge in [0.2, 0.25) is 0 Å². The summed E-state index contributed by atoms with van der Waals surface area (Å²) in [6, 6.07) is 0. The molecule has 0 fully saturated rings. The summed E-state index contributed by atoms with van der Waals surface area (Å²) in [5.74, 6) is -10.8. The molecule has 0 heterocycles. The van der Waals surface area contributed by atoms with Crippen LogP contribution in [0.25, 0.3) is 0 Å². The quantitative estimate of drug-likeness (QED) is 0.143. The van der Waals surface area contributed by atoms with Crippen LogP contribution in [0.3, 0.4) is 0 Å². The van der Waals surface area contributed by atoms with Crippen LogP contribution in [-0.2, 0) is 9.84 Å². The van der Waals surface area contributed by atoms with E-state index in [-0.39, 0.29) is 12.8 Å². The van der Waals surface area contributed by atoms with E-state index in [0.717, 1.165) is 25.7 Å². The zero-order valence-electron chi connectivity index (χ0n) is 18.1. The molecule has 0 aromatic heterocycles. The van der Waals surface area contributed by atoms with E-state index in [1.807, 2.05) is 13.8 Å². The standard InChI is InChI=1S/C20H34F8O2S/c1-3-5-7-9-11-13-15-17(21,22)19(25,26)31(29,30)20(27,28)18(23,24)16-14-12-10-8-6-4-2/h3-16H2,1-2H3. The lowest BCUT2D eigenvalue weighted by Crippen LogP contribution is -2.58. The molecule has 2 nitrogen and oxygen atoms in total. The molecule has 0 saturated carbocycles. The molecule has 0 aromatic rings. The van der Waals surface area contributed by atoms with Crippen LogP contribution in [-0.4, -0.2) is 30.8 Å². The van der Waals surface area contributed by atoms with E-state index >= 15 is 0 Å². The highest BCUT2D eigenvalue weighted by Gasteiger charge is 2.78. The minimum Gasteiger partial charge on any atom is -0.216 e. The molecule has 0 saturated heterocycles. The van der Waals surface area contributed by atoms with Gasteiger partial charge < -0.3 is 0 Å². The average Bonchev–Trinajstić information content (AvgIpc) is 2.66. The summed E-state index contributed by atoms with van der Waals surface area (Å²) in [6.45, 7) is 3.78. The highest BCUT2D eigenvalue weighted by molar-refractivity contribution is 7.93. The number of halogens is 8. The molecule has 0 N–H and O–H groups in total. The van der Waals surface area contributed by atoms with Gasteiger partial charge in [0, 0.05) is 12.8 Å². The molecule has 0 aliphatic rings.